The molecule has 0 saturated heterocycles. The third kappa shape index (κ3) is 7.88. The van der Waals surface area contributed by atoms with E-state index in [-0.39, 0.29) is 18.7 Å². The number of hydrogen-bond acceptors (Lipinski definition) is 4. The van der Waals surface area contributed by atoms with Gasteiger partial charge >= 0.3 is 0 Å². The fourth-order valence-corrected chi connectivity index (χ4v) is 3.13. The van der Waals surface area contributed by atoms with Crippen LogP contribution in [0.1, 0.15) is 42.6 Å². The highest BCUT2D eigenvalue weighted by molar-refractivity contribution is 9.10. The smallest absolute Gasteiger partial charge is 0.269 e. The number of hydrazine groups is 1. The van der Waals surface area contributed by atoms with E-state index in [1.54, 1.807) is 43.3 Å². The molecule has 0 fully saturated rings. The van der Waals surface area contributed by atoms with Gasteiger partial charge in [0.25, 0.3) is 5.91 Å². The average molecular weight is 511 g/mol. The lowest BCUT2D eigenvalue weighted by molar-refractivity contribution is -0.124. The van der Waals surface area contributed by atoms with Gasteiger partial charge in [-0.3, -0.25) is 25.2 Å². The molecule has 166 valence electrons. The first kappa shape index (κ1) is 24.7. The third-order valence-corrected chi connectivity index (χ3v) is 5.23. The molecular weight excluding hydrogens is 486 g/mol. The normalized spacial score (nSPS) is 10.5. The Morgan fingerprint density at radius 2 is 1.77 bits per heavy atom. The molecule has 2 aromatic rings. The van der Waals surface area contributed by atoms with Crippen molar-refractivity contribution >= 4 is 50.9 Å². The molecule has 2 aromatic carbocycles. The van der Waals surface area contributed by atoms with Crippen LogP contribution >= 0.6 is 27.5 Å². The van der Waals surface area contributed by atoms with Gasteiger partial charge in [0.2, 0.25) is 11.8 Å². The van der Waals surface area contributed by atoms with Crippen LogP contribution in [0.5, 0.6) is 5.75 Å². The Morgan fingerprint density at radius 1 is 1.06 bits per heavy atom. The second-order valence-electron chi connectivity index (χ2n) is 7.31. The van der Waals surface area contributed by atoms with Gasteiger partial charge in [-0.1, -0.05) is 31.5 Å². The fourth-order valence-electron chi connectivity index (χ4n) is 2.46. The van der Waals surface area contributed by atoms with Crippen LogP contribution in [0.2, 0.25) is 5.02 Å². The van der Waals surface area contributed by atoms with Crippen molar-refractivity contribution in [2.24, 2.45) is 5.92 Å². The molecule has 0 radical (unpaired) electrons. The largest absolute Gasteiger partial charge is 0.492 e. The van der Waals surface area contributed by atoms with Crippen LogP contribution in [0.3, 0.4) is 0 Å². The first-order valence-electron chi connectivity index (χ1n) is 9.74. The molecule has 0 aliphatic carbocycles. The quantitative estimate of drug-likeness (QED) is 0.451. The lowest BCUT2D eigenvalue weighted by Gasteiger charge is -2.12. The Labute approximate surface area is 195 Å². The number of nitrogens with one attached hydrogen (secondary N) is 3. The summed E-state index contributed by atoms with van der Waals surface area (Å²) in [6.45, 7) is 6.44. The minimum Gasteiger partial charge on any atom is -0.492 e. The van der Waals surface area contributed by atoms with Crippen molar-refractivity contribution in [3.8, 4) is 5.75 Å². The molecule has 0 bridgehead atoms. The summed E-state index contributed by atoms with van der Waals surface area (Å²) >= 11 is 9.41. The number of anilines is 1. The van der Waals surface area contributed by atoms with Crippen molar-refractivity contribution in [3.63, 3.8) is 0 Å². The first-order valence-corrected chi connectivity index (χ1v) is 10.9. The van der Waals surface area contributed by atoms with Crippen molar-refractivity contribution < 1.29 is 19.1 Å². The molecule has 3 amide bonds. The minimum atomic E-state index is -0.484. The second kappa shape index (κ2) is 11.7. The van der Waals surface area contributed by atoms with E-state index < -0.39 is 11.8 Å². The van der Waals surface area contributed by atoms with Gasteiger partial charge in [-0.15, -0.1) is 0 Å². The van der Waals surface area contributed by atoms with Crippen molar-refractivity contribution in [3.05, 3.63) is 57.0 Å². The van der Waals surface area contributed by atoms with E-state index in [1.165, 1.54) is 0 Å². The van der Waals surface area contributed by atoms with E-state index in [0.29, 0.717) is 39.0 Å². The summed E-state index contributed by atoms with van der Waals surface area (Å²) in [4.78, 5) is 36.3. The molecule has 0 aliphatic rings. The maximum absolute atomic E-state index is 12.2. The highest BCUT2D eigenvalue weighted by atomic mass is 79.9. The number of hydrogen-bond donors (Lipinski definition) is 3. The van der Waals surface area contributed by atoms with Crippen LogP contribution < -0.4 is 20.9 Å². The average Bonchev–Trinajstić information content (AvgIpc) is 2.72. The second-order valence-corrected chi connectivity index (χ2v) is 8.57. The Balaban J connectivity index is 1.79. The SMILES string of the molecule is Cc1c(Cl)cccc1NC(=O)CCC(=O)NNC(=O)c1ccc(OCC(C)C)c(Br)c1. The van der Waals surface area contributed by atoms with Gasteiger partial charge in [-0.2, -0.15) is 0 Å². The Hall–Kier alpha value is -2.58. The molecule has 0 aliphatic heterocycles. The molecular formula is C22H25BrClN3O4. The Morgan fingerprint density at radius 3 is 2.45 bits per heavy atom. The number of rotatable bonds is 8. The molecule has 0 aromatic heterocycles. The van der Waals surface area contributed by atoms with Crippen LogP contribution in [0.25, 0.3) is 0 Å². The number of benzene rings is 2. The topological polar surface area (TPSA) is 96.5 Å². The van der Waals surface area contributed by atoms with Gasteiger partial charge in [0, 0.05) is 29.1 Å². The van der Waals surface area contributed by atoms with E-state index in [4.69, 9.17) is 16.3 Å². The van der Waals surface area contributed by atoms with Gasteiger partial charge in [0.05, 0.1) is 11.1 Å². The van der Waals surface area contributed by atoms with E-state index >= 15 is 0 Å². The molecule has 7 nitrogen and oxygen atoms in total. The van der Waals surface area contributed by atoms with Crippen LogP contribution in [-0.4, -0.2) is 24.3 Å². The van der Waals surface area contributed by atoms with Gasteiger partial charge in [0.15, 0.2) is 0 Å². The summed E-state index contributed by atoms with van der Waals surface area (Å²) in [7, 11) is 0. The molecule has 31 heavy (non-hydrogen) atoms. The zero-order chi connectivity index (χ0) is 23.0. The summed E-state index contributed by atoms with van der Waals surface area (Å²) < 4.78 is 6.29. The fraction of sp³-hybridized carbons (Fsp3) is 0.318. The van der Waals surface area contributed by atoms with Crippen molar-refractivity contribution in [1.29, 1.82) is 0 Å². The van der Waals surface area contributed by atoms with Gasteiger partial charge < -0.3 is 10.1 Å². The molecule has 0 unspecified atom stereocenters. The Bertz CT molecular complexity index is 966. The van der Waals surface area contributed by atoms with E-state index in [1.807, 2.05) is 13.8 Å². The first-order chi connectivity index (χ1) is 14.7. The van der Waals surface area contributed by atoms with Crippen molar-refractivity contribution in [2.75, 3.05) is 11.9 Å². The molecule has 3 N–H and O–H groups in total. The van der Waals surface area contributed by atoms with Crippen molar-refractivity contribution in [1.82, 2.24) is 10.9 Å². The maximum atomic E-state index is 12.2. The number of halogens is 2. The summed E-state index contributed by atoms with van der Waals surface area (Å²) in [6, 6.07) is 10.1. The minimum absolute atomic E-state index is 0.0406. The van der Waals surface area contributed by atoms with Crippen molar-refractivity contribution in [2.45, 2.75) is 33.6 Å². The standard InChI is InChI=1S/C22H25BrClN3O4/c1-13(2)12-31-19-8-7-15(11-16(19)23)22(30)27-26-21(29)10-9-20(28)25-18-6-4-5-17(24)14(18)3/h4-8,11,13H,9-10,12H2,1-3H3,(H,25,28)(H,26,29)(H,27,30). The highest BCUT2D eigenvalue weighted by Gasteiger charge is 2.13. The van der Waals surface area contributed by atoms with Gasteiger partial charge in [-0.05, 0) is 64.7 Å². The molecule has 0 heterocycles. The zero-order valence-electron chi connectivity index (χ0n) is 17.6. The third-order valence-electron chi connectivity index (χ3n) is 4.20. The predicted molar refractivity (Wildman–Crippen MR) is 124 cm³/mol. The van der Waals surface area contributed by atoms with Gasteiger partial charge in [0.1, 0.15) is 5.75 Å². The van der Waals surface area contributed by atoms with E-state index in [0.717, 1.165) is 5.56 Å². The number of ether oxygens (including phenoxy) is 1. The number of carbonyl (C=O) groups is 3. The van der Waals surface area contributed by atoms with E-state index in [9.17, 15) is 14.4 Å². The Kier molecular flexibility index (Phi) is 9.33. The van der Waals surface area contributed by atoms with Crippen LogP contribution in [0, 0.1) is 12.8 Å². The molecule has 0 saturated carbocycles. The summed E-state index contributed by atoms with van der Waals surface area (Å²) in [5.41, 5.74) is 6.34. The number of amides is 3. The number of carbonyl (C=O) groups excluding carboxylic acids is 3. The zero-order valence-corrected chi connectivity index (χ0v) is 19.9. The van der Waals surface area contributed by atoms with Crippen LogP contribution in [-0.2, 0) is 9.59 Å². The molecule has 9 heteroatoms. The van der Waals surface area contributed by atoms with E-state index in [2.05, 4.69) is 32.1 Å². The van der Waals surface area contributed by atoms with Crippen LogP contribution in [0.4, 0.5) is 5.69 Å². The lowest BCUT2D eigenvalue weighted by Crippen LogP contribution is -2.41. The van der Waals surface area contributed by atoms with Gasteiger partial charge in [-0.25, -0.2) is 0 Å². The lowest BCUT2D eigenvalue weighted by atomic mass is 10.2. The molecule has 0 atom stereocenters. The monoisotopic (exact) mass is 509 g/mol. The summed E-state index contributed by atoms with van der Waals surface area (Å²) in [5, 5.41) is 3.26. The molecule has 2 rings (SSSR count). The van der Waals surface area contributed by atoms with Crippen LogP contribution in [0.15, 0.2) is 40.9 Å². The highest BCUT2D eigenvalue weighted by Crippen LogP contribution is 2.26. The summed E-state index contributed by atoms with van der Waals surface area (Å²) in [6.07, 6.45) is -0.126. The summed E-state index contributed by atoms with van der Waals surface area (Å²) in [5.74, 6) is -0.282. The molecule has 0 spiro atoms. The predicted octanol–water partition coefficient (Wildman–Crippen LogP) is 4.63. The maximum Gasteiger partial charge on any atom is 0.269 e.